The molecule has 5 heteroatoms. The quantitative estimate of drug-likeness (QED) is 0.655. The summed E-state index contributed by atoms with van der Waals surface area (Å²) >= 11 is 11.8. The molecule has 3 aromatic rings. The van der Waals surface area contributed by atoms with E-state index in [9.17, 15) is 4.39 Å². The number of furan rings is 1. The van der Waals surface area contributed by atoms with Crippen molar-refractivity contribution in [2.24, 2.45) is 5.73 Å². The van der Waals surface area contributed by atoms with Crippen molar-refractivity contribution in [3.8, 4) is 0 Å². The molecule has 2 N–H and O–H groups in total. The third-order valence-electron chi connectivity index (χ3n) is 3.37. The van der Waals surface area contributed by atoms with Crippen LogP contribution < -0.4 is 5.73 Å². The summed E-state index contributed by atoms with van der Waals surface area (Å²) in [7, 11) is 0. The lowest BCUT2D eigenvalue weighted by Gasteiger charge is -2.11. The molecule has 1 unspecified atom stereocenters. The second kappa shape index (κ2) is 5.34. The predicted octanol–water partition coefficient (Wildman–Crippen LogP) is 5.24. The average Bonchev–Trinajstić information content (AvgIpc) is 2.85. The van der Waals surface area contributed by atoms with Crippen LogP contribution in [0.25, 0.3) is 11.0 Å². The lowest BCUT2D eigenvalue weighted by atomic mass is 10.0. The number of halogens is 3. The number of aryl methyl sites for hydroxylation is 1. The fourth-order valence-corrected chi connectivity index (χ4v) is 2.77. The molecule has 1 atom stereocenters. The topological polar surface area (TPSA) is 39.2 Å². The number of hydrogen-bond acceptors (Lipinski definition) is 2. The van der Waals surface area contributed by atoms with Gasteiger partial charge < -0.3 is 10.2 Å². The molecule has 2 aromatic carbocycles. The van der Waals surface area contributed by atoms with Gasteiger partial charge in [-0.25, -0.2) is 4.39 Å². The Morgan fingerprint density at radius 1 is 1.10 bits per heavy atom. The van der Waals surface area contributed by atoms with Crippen LogP contribution in [0.2, 0.25) is 10.0 Å². The summed E-state index contributed by atoms with van der Waals surface area (Å²) < 4.78 is 19.3. The number of benzene rings is 2. The van der Waals surface area contributed by atoms with Crippen LogP contribution in [-0.2, 0) is 0 Å². The van der Waals surface area contributed by atoms with E-state index in [1.54, 1.807) is 0 Å². The minimum atomic E-state index is -0.656. The molecule has 108 valence electrons. The van der Waals surface area contributed by atoms with Gasteiger partial charge in [-0.15, -0.1) is 0 Å². The molecule has 2 nitrogen and oxygen atoms in total. The van der Waals surface area contributed by atoms with Crippen LogP contribution in [0, 0.1) is 12.7 Å². The molecular weight excluding hydrogens is 312 g/mol. The van der Waals surface area contributed by atoms with Gasteiger partial charge in [-0.2, -0.15) is 0 Å². The van der Waals surface area contributed by atoms with Crippen LogP contribution in [0.5, 0.6) is 0 Å². The SMILES string of the molecule is Cc1ccc2oc(C(N)c3cc(F)c(Cl)cc3Cl)cc2c1. The highest BCUT2D eigenvalue weighted by atomic mass is 35.5. The molecule has 0 spiro atoms. The van der Waals surface area contributed by atoms with Crippen molar-refractivity contribution in [1.29, 1.82) is 0 Å². The standard InChI is InChI=1S/C16H12Cl2FNO/c1-8-2-3-14-9(4-8)5-15(21-14)16(20)10-6-13(19)12(18)7-11(10)17/h2-7,16H,20H2,1H3. The highest BCUT2D eigenvalue weighted by Crippen LogP contribution is 2.33. The molecular formula is C16H12Cl2FNO. The Balaban J connectivity index is 2.07. The molecule has 0 saturated heterocycles. The van der Waals surface area contributed by atoms with E-state index in [-0.39, 0.29) is 5.02 Å². The average molecular weight is 324 g/mol. The van der Waals surface area contributed by atoms with Gasteiger partial charge in [0, 0.05) is 10.4 Å². The van der Waals surface area contributed by atoms with Crippen LogP contribution in [0.1, 0.15) is 22.9 Å². The van der Waals surface area contributed by atoms with E-state index >= 15 is 0 Å². The summed E-state index contributed by atoms with van der Waals surface area (Å²) in [5, 5.41) is 1.23. The molecule has 0 aliphatic carbocycles. The fourth-order valence-electron chi connectivity index (χ4n) is 2.27. The second-order valence-electron chi connectivity index (χ2n) is 4.96. The molecule has 1 aromatic heterocycles. The first-order valence-electron chi connectivity index (χ1n) is 6.36. The number of fused-ring (bicyclic) bond motifs is 1. The van der Waals surface area contributed by atoms with Gasteiger partial charge in [-0.1, -0.05) is 34.8 Å². The van der Waals surface area contributed by atoms with Gasteiger partial charge in [0.2, 0.25) is 0 Å². The van der Waals surface area contributed by atoms with Gasteiger partial charge in [-0.05, 0) is 42.8 Å². The van der Waals surface area contributed by atoms with Gasteiger partial charge in [-0.3, -0.25) is 0 Å². The molecule has 0 saturated carbocycles. The minimum Gasteiger partial charge on any atom is -0.459 e. The van der Waals surface area contributed by atoms with Crippen molar-refractivity contribution < 1.29 is 8.81 Å². The van der Waals surface area contributed by atoms with Crippen molar-refractivity contribution in [2.75, 3.05) is 0 Å². The molecule has 1 heterocycles. The molecule has 0 bridgehead atoms. The zero-order chi connectivity index (χ0) is 15.1. The second-order valence-corrected chi connectivity index (χ2v) is 5.77. The van der Waals surface area contributed by atoms with Crippen LogP contribution in [0.4, 0.5) is 4.39 Å². The summed E-state index contributed by atoms with van der Waals surface area (Å²) in [4.78, 5) is 0. The van der Waals surface area contributed by atoms with Crippen molar-refractivity contribution >= 4 is 34.2 Å². The number of rotatable bonds is 2. The van der Waals surface area contributed by atoms with Gasteiger partial charge in [0.05, 0.1) is 11.1 Å². The zero-order valence-corrected chi connectivity index (χ0v) is 12.7. The lowest BCUT2D eigenvalue weighted by molar-refractivity contribution is 0.523. The molecule has 0 radical (unpaired) electrons. The van der Waals surface area contributed by atoms with E-state index in [1.807, 2.05) is 31.2 Å². The van der Waals surface area contributed by atoms with E-state index < -0.39 is 11.9 Å². The van der Waals surface area contributed by atoms with E-state index in [2.05, 4.69) is 0 Å². The summed E-state index contributed by atoms with van der Waals surface area (Å²) in [6.07, 6.45) is 0. The van der Waals surface area contributed by atoms with Crippen LogP contribution in [0.3, 0.4) is 0 Å². The van der Waals surface area contributed by atoms with Crippen molar-refractivity contribution in [1.82, 2.24) is 0 Å². The Hall–Kier alpha value is -1.55. The maximum atomic E-state index is 13.6. The third-order valence-corrected chi connectivity index (χ3v) is 3.99. The predicted molar refractivity (Wildman–Crippen MR) is 83.4 cm³/mol. The normalized spacial score (nSPS) is 12.8. The monoisotopic (exact) mass is 323 g/mol. The van der Waals surface area contributed by atoms with Gasteiger partial charge in [0.15, 0.2) is 0 Å². The van der Waals surface area contributed by atoms with Crippen LogP contribution in [0.15, 0.2) is 40.8 Å². The first-order chi connectivity index (χ1) is 9.95. The smallest absolute Gasteiger partial charge is 0.142 e. The van der Waals surface area contributed by atoms with Crippen molar-refractivity contribution in [2.45, 2.75) is 13.0 Å². The Morgan fingerprint density at radius 2 is 1.86 bits per heavy atom. The maximum absolute atomic E-state index is 13.6. The van der Waals surface area contributed by atoms with Gasteiger partial charge >= 0.3 is 0 Å². The highest BCUT2D eigenvalue weighted by Gasteiger charge is 2.19. The lowest BCUT2D eigenvalue weighted by Crippen LogP contribution is -2.12. The van der Waals surface area contributed by atoms with E-state index in [0.717, 1.165) is 16.5 Å². The van der Waals surface area contributed by atoms with Crippen molar-refractivity contribution in [3.63, 3.8) is 0 Å². The summed E-state index contributed by atoms with van der Waals surface area (Å²) in [5.74, 6) is -0.0299. The van der Waals surface area contributed by atoms with E-state index in [4.69, 9.17) is 33.4 Å². The number of nitrogens with two attached hydrogens (primary N) is 1. The zero-order valence-electron chi connectivity index (χ0n) is 11.2. The molecule has 0 fully saturated rings. The van der Waals surface area contributed by atoms with E-state index in [0.29, 0.717) is 16.3 Å². The molecule has 0 amide bonds. The molecule has 3 rings (SSSR count). The maximum Gasteiger partial charge on any atom is 0.142 e. The fraction of sp³-hybridized carbons (Fsp3) is 0.125. The van der Waals surface area contributed by atoms with Crippen LogP contribution >= 0.6 is 23.2 Å². The third kappa shape index (κ3) is 2.64. The Bertz CT molecular complexity index is 829. The summed E-state index contributed by atoms with van der Waals surface area (Å²) in [6, 6.07) is 9.61. The first kappa shape index (κ1) is 14.4. The Labute approximate surface area is 131 Å². The molecule has 21 heavy (non-hydrogen) atoms. The van der Waals surface area contributed by atoms with Gasteiger partial charge in [0.25, 0.3) is 0 Å². The van der Waals surface area contributed by atoms with E-state index in [1.165, 1.54) is 12.1 Å². The highest BCUT2D eigenvalue weighted by molar-refractivity contribution is 6.35. The Kier molecular flexibility index (Phi) is 3.66. The summed E-state index contributed by atoms with van der Waals surface area (Å²) in [6.45, 7) is 2.00. The molecule has 0 aliphatic rings. The van der Waals surface area contributed by atoms with Gasteiger partial charge in [0.1, 0.15) is 17.2 Å². The first-order valence-corrected chi connectivity index (χ1v) is 7.11. The molecule has 0 aliphatic heterocycles. The van der Waals surface area contributed by atoms with Crippen LogP contribution in [-0.4, -0.2) is 0 Å². The van der Waals surface area contributed by atoms with Crippen molar-refractivity contribution in [3.05, 3.63) is 69.1 Å². The number of hydrogen-bond donors (Lipinski definition) is 1. The Morgan fingerprint density at radius 3 is 2.62 bits per heavy atom. The minimum absolute atomic E-state index is 0.0313. The summed E-state index contributed by atoms with van der Waals surface area (Å²) in [5.41, 5.74) is 8.45. The largest absolute Gasteiger partial charge is 0.459 e.